The molecule has 60 heavy (non-hydrogen) atoms. The third kappa shape index (κ3) is 8.03. The second-order valence-electron chi connectivity index (χ2n) is 14.5. The van der Waals surface area contributed by atoms with Crippen molar-refractivity contribution in [3.05, 3.63) is 192 Å². The SMILES string of the molecule is O=C(OC[C@H]1O[C@H](S)[C@H](OC(=O)c2ccc3ccccc3c2)[C@@H](OC(=O)c2ccc3ccccc3c2)[C@@H]1OC(=O)c1ccc2ccccc2c1)c1ccc2ccccc2c1. The van der Waals surface area contributed by atoms with Crippen molar-refractivity contribution in [2.75, 3.05) is 6.61 Å². The number of benzene rings is 8. The lowest BCUT2D eigenvalue weighted by atomic mass is 9.98. The highest BCUT2D eigenvalue weighted by Crippen LogP contribution is 2.33. The van der Waals surface area contributed by atoms with E-state index >= 15 is 0 Å². The maximum atomic E-state index is 14.2. The minimum atomic E-state index is -1.49. The standard InChI is InChI=1S/C50H36O9S/c51-46(38-21-17-30-9-1-5-13-34(30)25-38)55-29-42-43(57-47(52)39-22-18-31-10-2-6-14-35(31)26-39)44(58-48(53)40-23-19-32-11-3-7-15-36(32)27-40)45(50(60)56-42)59-49(54)41-24-20-33-12-4-8-16-37(33)28-41/h1-28,42-45,50,60H,29H2/t42-,43-,44+,45-,50-/m1/s1. The lowest BCUT2D eigenvalue weighted by molar-refractivity contribution is -0.206. The van der Waals surface area contributed by atoms with Gasteiger partial charge in [-0.3, -0.25) is 0 Å². The summed E-state index contributed by atoms with van der Waals surface area (Å²) in [6.45, 7) is -0.437. The largest absolute Gasteiger partial charge is 0.459 e. The van der Waals surface area contributed by atoms with Crippen LogP contribution in [0.2, 0.25) is 0 Å². The van der Waals surface area contributed by atoms with Crippen LogP contribution in [-0.2, 0) is 23.7 Å². The van der Waals surface area contributed by atoms with E-state index in [-0.39, 0.29) is 22.3 Å². The zero-order chi connectivity index (χ0) is 41.2. The van der Waals surface area contributed by atoms with E-state index in [4.69, 9.17) is 36.3 Å². The van der Waals surface area contributed by atoms with Crippen molar-refractivity contribution < 1.29 is 42.9 Å². The Morgan fingerprint density at radius 1 is 0.400 bits per heavy atom. The summed E-state index contributed by atoms with van der Waals surface area (Å²) in [5.74, 6) is -2.96. The van der Waals surface area contributed by atoms with Crippen LogP contribution in [0.3, 0.4) is 0 Å². The van der Waals surface area contributed by atoms with Crippen molar-refractivity contribution in [2.45, 2.75) is 29.9 Å². The molecule has 1 saturated heterocycles. The number of esters is 4. The molecule has 0 saturated carbocycles. The molecule has 10 heteroatoms. The van der Waals surface area contributed by atoms with Crippen LogP contribution in [0.1, 0.15) is 41.4 Å². The van der Waals surface area contributed by atoms with Gasteiger partial charge in [0, 0.05) is 0 Å². The molecule has 1 fully saturated rings. The fourth-order valence-electron chi connectivity index (χ4n) is 7.51. The van der Waals surface area contributed by atoms with E-state index in [9.17, 15) is 19.2 Å². The Hall–Kier alpha value is -7.01. The summed E-state index contributed by atoms with van der Waals surface area (Å²) in [6, 6.07) is 50.7. The second-order valence-corrected chi connectivity index (χ2v) is 15.0. The van der Waals surface area contributed by atoms with Gasteiger partial charge in [0.2, 0.25) is 0 Å². The highest BCUT2D eigenvalue weighted by molar-refractivity contribution is 7.80. The molecule has 0 bridgehead atoms. The first-order valence-corrected chi connectivity index (χ1v) is 19.9. The number of carbonyl (C=O) groups excluding carboxylic acids is 4. The van der Waals surface area contributed by atoms with Crippen molar-refractivity contribution in [1.82, 2.24) is 0 Å². The van der Waals surface area contributed by atoms with Gasteiger partial charge in [0.15, 0.2) is 18.3 Å². The van der Waals surface area contributed by atoms with E-state index in [2.05, 4.69) is 0 Å². The van der Waals surface area contributed by atoms with Crippen LogP contribution in [0, 0.1) is 0 Å². The van der Waals surface area contributed by atoms with Gasteiger partial charge in [-0.15, -0.1) is 12.6 Å². The minimum absolute atomic E-state index is 0.203. The number of ether oxygens (including phenoxy) is 5. The smallest absolute Gasteiger partial charge is 0.338 e. The molecule has 8 aromatic carbocycles. The first-order valence-electron chi connectivity index (χ1n) is 19.4. The highest BCUT2D eigenvalue weighted by Gasteiger charge is 2.52. The molecule has 0 N–H and O–H groups in total. The summed E-state index contributed by atoms with van der Waals surface area (Å²) in [6.07, 6.45) is -5.58. The number of thiol groups is 1. The Bertz CT molecular complexity index is 2950. The first kappa shape index (κ1) is 38.5. The summed E-state index contributed by atoms with van der Waals surface area (Å²) < 4.78 is 30.7. The molecule has 8 aromatic rings. The molecule has 0 aromatic heterocycles. The van der Waals surface area contributed by atoms with Crippen LogP contribution >= 0.6 is 12.6 Å². The molecule has 0 spiro atoms. The van der Waals surface area contributed by atoms with Crippen molar-refractivity contribution in [3.8, 4) is 0 Å². The van der Waals surface area contributed by atoms with Gasteiger partial charge in [-0.2, -0.15) is 0 Å². The van der Waals surface area contributed by atoms with E-state index in [1.165, 1.54) is 0 Å². The molecule has 9 rings (SSSR count). The zero-order valence-electron chi connectivity index (χ0n) is 31.9. The maximum absolute atomic E-state index is 14.2. The molecule has 0 unspecified atom stereocenters. The molecule has 5 atom stereocenters. The predicted octanol–water partition coefficient (Wildman–Crippen LogP) is 9.79. The molecule has 1 aliphatic rings. The summed E-state index contributed by atoms with van der Waals surface area (Å²) in [7, 11) is 0. The van der Waals surface area contributed by atoms with E-state index in [1.54, 1.807) is 66.7 Å². The van der Waals surface area contributed by atoms with Gasteiger partial charge in [-0.05, 0) is 91.6 Å². The predicted molar refractivity (Wildman–Crippen MR) is 231 cm³/mol. The van der Waals surface area contributed by atoms with Gasteiger partial charge < -0.3 is 23.7 Å². The summed E-state index contributed by atoms with van der Waals surface area (Å²) in [5, 5.41) is 6.93. The van der Waals surface area contributed by atoms with Crippen LogP contribution in [0.5, 0.6) is 0 Å². The fourth-order valence-corrected chi connectivity index (χ4v) is 7.90. The molecule has 0 aliphatic carbocycles. The summed E-state index contributed by atoms with van der Waals surface area (Å²) >= 11 is 4.70. The Morgan fingerprint density at radius 2 is 0.717 bits per heavy atom. The van der Waals surface area contributed by atoms with Crippen LogP contribution in [-0.4, -0.2) is 60.3 Å². The van der Waals surface area contributed by atoms with Crippen LogP contribution in [0.4, 0.5) is 0 Å². The number of hydrogen-bond acceptors (Lipinski definition) is 10. The number of rotatable bonds is 9. The Balaban J connectivity index is 1.07. The first-order chi connectivity index (χ1) is 29.3. The summed E-state index contributed by atoms with van der Waals surface area (Å²) in [5.41, 5.74) is -0.306. The number of hydrogen-bond donors (Lipinski definition) is 1. The van der Waals surface area contributed by atoms with Gasteiger partial charge in [0.25, 0.3) is 0 Å². The highest BCUT2D eigenvalue weighted by atomic mass is 32.1. The lowest BCUT2D eigenvalue weighted by Crippen LogP contribution is -2.61. The van der Waals surface area contributed by atoms with E-state index in [1.807, 2.05) is 103 Å². The monoisotopic (exact) mass is 812 g/mol. The maximum Gasteiger partial charge on any atom is 0.338 e. The normalized spacial score (nSPS) is 18.9. The van der Waals surface area contributed by atoms with E-state index in [0.717, 1.165) is 43.1 Å². The number of carbonyl (C=O) groups is 4. The van der Waals surface area contributed by atoms with Crippen molar-refractivity contribution >= 4 is 79.6 Å². The topological polar surface area (TPSA) is 114 Å². The Labute approximate surface area is 349 Å². The third-order valence-electron chi connectivity index (χ3n) is 10.7. The third-order valence-corrected chi connectivity index (χ3v) is 11.1. The van der Waals surface area contributed by atoms with Crippen LogP contribution < -0.4 is 0 Å². The van der Waals surface area contributed by atoms with Gasteiger partial charge in [-0.1, -0.05) is 121 Å². The zero-order valence-corrected chi connectivity index (χ0v) is 32.8. The van der Waals surface area contributed by atoms with Crippen molar-refractivity contribution in [2.24, 2.45) is 0 Å². The average molecular weight is 813 g/mol. The van der Waals surface area contributed by atoms with Crippen molar-refractivity contribution in [1.29, 1.82) is 0 Å². The fraction of sp³-hybridized carbons (Fsp3) is 0.120. The lowest BCUT2D eigenvalue weighted by Gasteiger charge is -2.43. The van der Waals surface area contributed by atoms with Crippen molar-refractivity contribution in [3.63, 3.8) is 0 Å². The molecule has 0 amide bonds. The van der Waals surface area contributed by atoms with E-state index in [0.29, 0.717) is 0 Å². The minimum Gasteiger partial charge on any atom is -0.459 e. The Kier molecular flexibility index (Phi) is 10.7. The molecular formula is C50H36O9S. The van der Waals surface area contributed by atoms with Gasteiger partial charge >= 0.3 is 23.9 Å². The van der Waals surface area contributed by atoms with Gasteiger partial charge in [0.05, 0.1) is 22.3 Å². The second kappa shape index (κ2) is 16.7. The number of fused-ring (bicyclic) bond motifs is 4. The van der Waals surface area contributed by atoms with Gasteiger partial charge in [-0.25, -0.2) is 19.2 Å². The van der Waals surface area contributed by atoms with E-state index < -0.39 is 60.3 Å². The average Bonchev–Trinajstić information content (AvgIpc) is 3.29. The Morgan fingerprint density at radius 3 is 1.10 bits per heavy atom. The molecule has 296 valence electrons. The molecule has 0 radical (unpaired) electrons. The molecular weight excluding hydrogens is 777 g/mol. The summed E-state index contributed by atoms with van der Waals surface area (Å²) in [4.78, 5) is 55.8. The molecule has 9 nitrogen and oxygen atoms in total. The van der Waals surface area contributed by atoms with Crippen LogP contribution in [0.15, 0.2) is 170 Å². The quantitative estimate of drug-likeness (QED) is 0.0865. The molecule has 1 aliphatic heterocycles. The van der Waals surface area contributed by atoms with Crippen LogP contribution in [0.25, 0.3) is 43.1 Å². The molecule has 1 heterocycles. The van der Waals surface area contributed by atoms with Gasteiger partial charge in [0.1, 0.15) is 18.1 Å².